The number of aliphatic hydroxyl groups excluding tert-OH is 1. The highest BCUT2D eigenvalue weighted by molar-refractivity contribution is 8.00. The largest absolute Gasteiger partial charge is 0.497 e. The third-order valence-electron chi connectivity index (χ3n) is 4.42. The van der Waals surface area contributed by atoms with Crippen molar-refractivity contribution in [2.45, 2.75) is 36.3 Å². The molecule has 7 nitrogen and oxygen atoms in total. The fraction of sp³-hybridized carbons (Fsp3) is 0.471. The molecule has 0 saturated heterocycles. The van der Waals surface area contributed by atoms with E-state index < -0.39 is 0 Å². The van der Waals surface area contributed by atoms with Gasteiger partial charge in [-0.1, -0.05) is 6.07 Å². The average Bonchev–Trinajstić information content (AvgIpc) is 2.96. The number of carbonyl (C=O) groups is 1. The fourth-order valence-electron chi connectivity index (χ4n) is 2.92. The Balaban J connectivity index is 1.43. The molecule has 1 aliphatic rings. The van der Waals surface area contributed by atoms with Gasteiger partial charge >= 0.3 is 0 Å². The van der Waals surface area contributed by atoms with E-state index in [0.29, 0.717) is 11.6 Å². The highest BCUT2D eigenvalue weighted by atomic mass is 32.2. The highest BCUT2D eigenvalue weighted by Gasteiger charge is 2.34. The zero-order valence-electron chi connectivity index (χ0n) is 14.3. The first-order valence-corrected chi connectivity index (χ1v) is 9.14. The first-order valence-electron chi connectivity index (χ1n) is 8.16. The van der Waals surface area contributed by atoms with E-state index in [1.807, 2.05) is 35.9 Å². The van der Waals surface area contributed by atoms with Crippen molar-refractivity contribution in [3.63, 3.8) is 0 Å². The van der Waals surface area contributed by atoms with Crippen molar-refractivity contribution in [2.24, 2.45) is 7.05 Å². The summed E-state index contributed by atoms with van der Waals surface area (Å²) in [6.07, 6.45) is 1.71. The maximum atomic E-state index is 12.1. The minimum atomic E-state index is -0.113. The summed E-state index contributed by atoms with van der Waals surface area (Å²) in [7, 11) is 3.49. The number of nitrogens with zero attached hydrogens (tertiary/aromatic N) is 3. The number of ether oxygens (including phenoxy) is 1. The van der Waals surface area contributed by atoms with Crippen molar-refractivity contribution in [3.05, 3.63) is 35.9 Å². The summed E-state index contributed by atoms with van der Waals surface area (Å²) in [4.78, 5) is 13.1. The monoisotopic (exact) mass is 362 g/mol. The van der Waals surface area contributed by atoms with Gasteiger partial charge in [-0.15, -0.1) is 22.0 Å². The van der Waals surface area contributed by atoms with Gasteiger partial charge in [-0.25, -0.2) is 0 Å². The van der Waals surface area contributed by atoms with Gasteiger partial charge in [0.2, 0.25) is 5.91 Å². The lowest BCUT2D eigenvalue weighted by Gasteiger charge is -2.35. The molecule has 1 aromatic heterocycles. The van der Waals surface area contributed by atoms with Crippen LogP contribution in [-0.4, -0.2) is 44.7 Å². The second kappa shape index (κ2) is 7.88. The molecule has 2 N–H and O–H groups in total. The van der Waals surface area contributed by atoms with Crippen LogP contribution in [0.4, 0.5) is 0 Å². The molecule has 0 unspecified atom stereocenters. The van der Waals surface area contributed by atoms with E-state index in [2.05, 4.69) is 15.5 Å². The average molecular weight is 362 g/mol. The van der Waals surface area contributed by atoms with Crippen LogP contribution in [0.15, 0.2) is 29.2 Å². The number of aliphatic hydroxyl groups is 1. The Morgan fingerprint density at radius 3 is 2.92 bits per heavy atom. The normalized spacial score (nSPS) is 19.3. The predicted octanol–water partition coefficient (Wildman–Crippen LogP) is 1.47. The van der Waals surface area contributed by atoms with E-state index in [4.69, 9.17) is 4.74 Å². The Labute approximate surface area is 150 Å². The molecule has 25 heavy (non-hydrogen) atoms. The predicted molar refractivity (Wildman–Crippen MR) is 94.5 cm³/mol. The molecular weight excluding hydrogens is 340 g/mol. The van der Waals surface area contributed by atoms with Crippen molar-refractivity contribution < 1.29 is 14.6 Å². The Kier molecular flexibility index (Phi) is 5.60. The SMILES string of the molecule is COc1cccc(SCC(=O)NC2CC(c3nnc(CO)n3C)C2)c1. The second-order valence-corrected chi connectivity index (χ2v) is 7.14. The summed E-state index contributed by atoms with van der Waals surface area (Å²) in [5.41, 5.74) is 0. The van der Waals surface area contributed by atoms with Crippen molar-refractivity contribution in [2.75, 3.05) is 12.9 Å². The lowest BCUT2D eigenvalue weighted by molar-refractivity contribution is -0.119. The number of thioether (sulfide) groups is 1. The Morgan fingerprint density at radius 2 is 2.24 bits per heavy atom. The molecule has 2 aromatic rings. The number of hydrogen-bond acceptors (Lipinski definition) is 6. The van der Waals surface area contributed by atoms with Crippen molar-refractivity contribution in [3.8, 4) is 5.75 Å². The van der Waals surface area contributed by atoms with E-state index in [-0.39, 0.29) is 24.5 Å². The molecule has 1 amide bonds. The molecule has 1 aliphatic carbocycles. The number of benzene rings is 1. The van der Waals surface area contributed by atoms with Gasteiger partial charge in [-0.05, 0) is 31.0 Å². The zero-order chi connectivity index (χ0) is 17.8. The number of hydrogen-bond donors (Lipinski definition) is 2. The summed E-state index contributed by atoms with van der Waals surface area (Å²) in [5, 5.41) is 20.3. The first kappa shape index (κ1) is 17.8. The Morgan fingerprint density at radius 1 is 1.44 bits per heavy atom. The van der Waals surface area contributed by atoms with E-state index in [1.54, 1.807) is 7.11 Å². The molecule has 1 aromatic carbocycles. The van der Waals surface area contributed by atoms with Crippen LogP contribution >= 0.6 is 11.8 Å². The van der Waals surface area contributed by atoms with E-state index in [1.165, 1.54) is 11.8 Å². The molecule has 1 heterocycles. The van der Waals surface area contributed by atoms with Crippen LogP contribution < -0.4 is 10.1 Å². The molecule has 1 fully saturated rings. The molecular formula is C17H22N4O3S. The van der Waals surface area contributed by atoms with E-state index in [0.717, 1.165) is 29.3 Å². The minimum Gasteiger partial charge on any atom is -0.497 e. The van der Waals surface area contributed by atoms with Gasteiger partial charge in [0.1, 0.15) is 18.2 Å². The summed E-state index contributed by atoms with van der Waals surface area (Å²) in [5.74, 6) is 2.93. The van der Waals surface area contributed by atoms with Gasteiger partial charge in [-0.2, -0.15) is 0 Å². The van der Waals surface area contributed by atoms with Gasteiger partial charge in [0, 0.05) is 23.9 Å². The van der Waals surface area contributed by atoms with Crippen molar-refractivity contribution in [1.29, 1.82) is 0 Å². The maximum Gasteiger partial charge on any atom is 0.230 e. The van der Waals surface area contributed by atoms with Crippen LogP contribution in [0, 0.1) is 0 Å². The first-order chi connectivity index (χ1) is 12.1. The van der Waals surface area contributed by atoms with Crippen molar-refractivity contribution >= 4 is 17.7 Å². The topological polar surface area (TPSA) is 89.3 Å². The molecule has 0 bridgehead atoms. The molecule has 8 heteroatoms. The fourth-order valence-corrected chi connectivity index (χ4v) is 3.68. The lowest BCUT2D eigenvalue weighted by Crippen LogP contribution is -2.44. The maximum absolute atomic E-state index is 12.1. The van der Waals surface area contributed by atoms with Crippen LogP contribution in [0.25, 0.3) is 0 Å². The number of amides is 1. The molecule has 0 radical (unpaired) electrons. The van der Waals surface area contributed by atoms with Crippen LogP contribution in [0.5, 0.6) is 5.75 Å². The van der Waals surface area contributed by atoms with E-state index in [9.17, 15) is 9.90 Å². The smallest absolute Gasteiger partial charge is 0.230 e. The number of nitrogens with one attached hydrogen (secondary N) is 1. The van der Waals surface area contributed by atoms with Gasteiger partial charge in [-0.3, -0.25) is 4.79 Å². The van der Waals surface area contributed by atoms with Crippen LogP contribution in [-0.2, 0) is 18.4 Å². The minimum absolute atomic E-state index is 0.0327. The lowest BCUT2D eigenvalue weighted by atomic mass is 9.79. The molecule has 134 valence electrons. The number of methoxy groups -OCH3 is 1. The highest BCUT2D eigenvalue weighted by Crippen LogP contribution is 2.36. The van der Waals surface area contributed by atoms with E-state index >= 15 is 0 Å². The molecule has 0 aliphatic heterocycles. The summed E-state index contributed by atoms with van der Waals surface area (Å²) in [6, 6.07) is 7.86. The van der Waals surface area contributed by atoms with Crippen LogP contribution in [0.3, 0.4) is 0 Å². The Hall–Kier alpha value is -2.06. The molecule has 0 spiro atoms. The van der Waals surface area contributed by atoms with Crippen LogP contribution in [0.2, 0.25) is 0 Å². The van der Waals surface area contributed by atoms with Gasteiger partial charge in [0.05, 0.1) is 12.9 Å². The number of carbonyl (C=O) groups excluding carboxylic acids is 1. The summed E-state index contributed by atoms with van der Waals surface area (Å²) in [6.45, 7) is -0.113. The van der Waals surface area contributed by atoms with Gasteiger partial charge in [0.25, 0.3) is 0 Å². The summed E-state index contributed by atoms with van der Waals surface area (Å²) < 4.78 is 7.02. The quantitative estimate of drug-likeness (QED) is 0.725. The molecule has 0 atom stereocenters. The molecule has 3 rings (SSSR count). The van der Waals surface area contributed by atoms with Gasteiger partial charge < -0.3 is 19.7 Å². The third-order valence-corrected chi connectivity index (χ3v) is 5.41. The number of aromatic nitrogens is 3. The standard InChI is InChI=1S/C17H22N4O3S/c1-21-15(9-22)19-20-17(21)11-6-12(7-11)18-16(23)10-25-14-5-3-4-13(8-14)24-2/h3-5,8,11-12,22H,6-7,9-10H2,1-2H3,(H,18,23). The summed E-state index contributed by atoms with van der Waals surface area (Å²) >= 11 is 1.49. The second-order valence-electron chi connectivity index (χ2n) is 6.09. The zero-order valence-corrected chi connectivity index (χ0v) is 15.1. The Bertz CT molecular complexity index is 743. The van der Waals surface area contributed by atoms with Gasteiger partial charge in [0.15, 0.2) is 5.82 Å². The molecule has 1 saturated carbocycles. The van der Waals surface area contributed by atoms with Crippen molar-refractivity contribution in [1.82, 2.24) is 20.1 Å². The number of rotatable bonds is 7. The third kappa shape index (κ3) is 4.13. The van der Waals surface area contributed by atoms with Crippen LogP contribution in [0.1, 0.15) is 30.4 Å².